The summed E-state index contributed by atoms with van der Waals surface area (Å²) in [5.41, 5.74) is 0.480. The van der Waals surface area contributed by atoms with Gasteiger partial charge in [0.15, 0.2) is 0 Å². The van der Waals surface area contributed by atoms with Crippen LogP contribution in [0.3, 0.4) is 0 Å². The molecule has 13 heteroatoms. The molecule has 1 fully saturated rings. The van der Waals surface area contributed by atoms with Gasteiger partial charge in [-0.25, -0.2) is 0 Å². The number of anilines is 1. The van der Waals surface area contributed by atoms with Crippen molar-refractivity contribution < 1.29 is 24.2 Å². The van der Waals surface area contributed by atoms with Crippen LogP contribution >= 0.6 is 47.1 Å². The van der Waals surface area contributed by atoms with Gasteiger partial charge in [0, 0.05) is 30.5 Å². The van der Waals surface area contributed by atoms with Crippen molar-refractivity contribution in [1.82, 2.24) is 9.47 Å². The second-order valence-electron chi connectivity index (χ2n) is 13.5. The number of hydrogen-bond acceptors (Lipinski definition) is 10. The molecule has 2 aliphatic rings. The molecule has 1 N–H and O–H groups in total. The van der Waals surface area contributed by atoms with Crippen LogP contribution in [0.25, 0.3) is 11.0 Å². The summed E-state index contributed by atoms with van der Waals surface area (Å²) >= 11 is 9.14. The monoisotopic (exact) mass is 801 g/mol. The Kier molecular flexibility index (Phi) is 18.2. The molecule has 0 unspecified atom stereocenters. The van der Waals surface area contributed by atoms with Crippen molar-refractivity contribution in [2.75, 3.05) is 18.0 Å². The molecule has 0 bridgehead atoms. The number of thioether (sulfide) groups is 2. The van der Waals surface area contributed by atoms with Gasteiger partial charge in [0.25, 0.3) is 11.5 Å². The maximum atomic E-state index is 13.5. The normalized spacial score (nSPS) is 16.4. The first-order chi connectivity index (χ1) is 25.7. The molecule has 2 aliphatic heterocycles. The van der Waals surface area contributed by atoms with Crippen molar-refractivity contribution in [3.63, 3.8) is 0 Å². The van der Waals surface area contributed by atoms with Gasteiger partial charge in [-0.2, -0.15) is 0 Å². The van der Waals surface area contributed by atoms with E-state index in [1.54, 1.807) is 30.8 Å². The number of rotatable bonds is 23. The van der Waals surface area contributed by atoms with Crippen LogP contribution in [-0.4, -0.2) is 49.8 Å². The number of unbranched alkanes of at least 4 members (excludes halogenated alkanes) is 15. The number of thiocarbonyl (C=S) groups is 1. The molecular formula is C40H55N3O6S4. The third-order valence-electron chi connectivity index (χ3n) is 9.40. The van der Waals surface area contributed by atoms with E-state index in [2.05, 4.69) is 11.8 Å². The summed E-state index contributed by atoms with van der Waals surface area (Å²) in [7, 11) is 0. The van der Waals surface area contributed by atoms with Crippen LogP contribution in [0.15, 0.2) is 39.0 Å². The number of allylic oxidation sites excluding steroid dienone is 1. The van der Waals surface area contributed by atoms with E-state index in [0.29, 0.717) is 25.8 Å². The lowest BCUT2D eigenvalue weighted by Crippen LogP contribution is -2.35. The molecule has 0 spiro atoms. The van der Waals surface area contributed by atoms with Crippen molar-refractivity contribution in [1.29, 1.82) is 0 Å². The number of amides is 1. The first-order valence-electron chi connectivity index (χ1n) is 19.4. The molecule has 0 aliphatic carbocycles. The number of carbonyl (C=O) groups excluding carboxylic acids is 2. The molecule has 9 nitrogen and oxygen atoms in total. The van der Waals surface area contributed by atoms with E-state index in [-0.39, 0.29) is 23.2 Å². The Balaban J connectivity index is 1.42. The number of benzene rings is 1. The Labute approximate surface area is 331 Å². The number of esters is 1. The average Bonchev–Trinajstić information content (AvgIpc) is 3.74. The van der Waals surface area contributed by atoms with E-state index in [4.69, 9.17) is 17.0 Å². The number of aliphatic carboxylic acids is 1. The van der Waals surface area contributed by atoms with Crippen molar-refractivity contribution in [3.8, 4) is 5.75 Å². The van der Waals surface area contributed by atoms with Gasteiger partial charge in [-0.1, -0.05) is 146 Å². The van der Waals surface area contributed by atoms with Crippen LogP contribution in [0.5, 0.6) is 5.75 Å². The third kappa shape index (κ3) is 12.6. The minimum Gasteiger partial charge on any atom is -0.480 e. The van der Waals surface area contributed by atoms with Crippen LogP contribution in [0.2, 0.25) is 0 Å². The zero-order valence-corrected chi connectivity index (χ0v) is 34.8. The predicted octanol–water partition coefficient (Wildman–Crippen LogP) is 8.79. The molecule has 0 radical (unpaired) electrons. The van der Waals surface area contributed by atoms with Gasteiger partial charge < -0.3 is 14.7 Å². The fourth-order valence-electron chi connectivity index (χ4n) is 6.45. The number of thiazole rings is 1. The zero-order chi connectivity index (χ0) is 38.2. The molecule has 290 valence electrons. The Bertz CT molecular complexity index is 1800. The number of nitrogens with zero attached hydrogens (tertiary/aromatic N) is 3. The molecular weight excluding hydrogens is 747 g/mol. The highest BCUT2D eigenvalue weighted by atomic mass is 32.2. The van der Waals surface area contributed by atoms with Crippen LogP contribution in [0.1, 0.15) is 130 Å². The predicted molar refractivity (Wildman–Crippen MR) is 224 cm³/mol. The van der Waals surface area contributed by atoms with E-state index < -0.39 is 18.1 Å². The van der Waals surface area contributed by atoms with Crippen LogP contribution in [0.4, 0.5) is 5.69 Å². The summed E-state index contributed by atoms with van der Waals surface area (Å²) < 4.78 is 7.70. The topological polar surface area (TPSA) is 109 Å². The average molecular weight is 802 g/mol. The van der Waals surface area contributed by atoms with Gasteiger partial charge in [0.1, 0.15) is 26.2 Å². The Morgan fingerprint density at radius 1 is 0.811 bits per heavy atom. The largest absolute Gasteiger partial charge is 0.480 e. The second-order valence-corrected chi connectivity index (χ2v) is 17.2. The summed E-state index contributed by atoms with van der Waals surface area (Å²) in [6, 6.07) is 5.64. The van der Waals surface area contributed by atoms with Gasteiger partial charge in [-0.3, -0.25) is 28.6 Å². The lowest BCUT2D eigenvalue weighted by molar-refractivity contribution is -0.138. The Morgan fingerprint density at radius 3 is 1.96 bits per heavy atom. The van der Waals surface area contributed by atoms with Crippen molar-refractivity contribution in [2.24, 2.45) is 0 Å². The number of carboxylic acids is 1. The van der Waals surface area contributed by atoms with E-state index in [1.807, 2.05) is 25.1 Å². The molecule has 1 aromatic carbocycles. The van der Waals surface area contributed by atoms with Crippen molar-refractivity contribution in [2.45, 2.75) is 141 Å². The number of fused-ring (bicyclic) bond motifs is 1. The molecule has 1 aromatic heterocycles. The summed E-state index contributed by atoms with van der Waals surface area (Å²) in [4.78, 5) is 55.4. The second kappa shape index (κ2) is 22.5. The minimum atomic E-state index is -1.17. The van der Waals surface area contributed by atoms with Gasteiger partial charge >= 0.3 is 11.9 Å². The fourth-order valence-corrected chi connectivity index (χ4v) is 10.1. The first kappa shape index (κ1) is 42.9. The Morgan fingerprint density at radius 2 is 1.42 bits per heavy atom. The standard InChI is InChI=1S/C40H55N3O6S4/c1-4-7-8-9-10-11-12-13-14-15-16-17-18-19-20-21-26-42-30-27-29(49-35(46)5-2)22-23-31(30)51-33(42)25-24-32-37(47)43(28-34(44)45)39(52-32)36-38(48)41(6-3)40(50)53-36/h22-25,27H,4-21,26,28H2,1-3H3,(H,44,45). The van der Waals surface area contributed by atoms with Crippen LogP contribution < -0.4 is 24.4 Å². The fraction of sp³-hybridized carbons (Fsp3) is 0.575. The van der Waals surface area contributed by atoms with Crippen LogP contribution in [0, 0.1) is 0 Å². The molecule has 0 saturated carbocycles. The van der Waals surface area contributed by atoms with E-state index >= 15 is 0 Å². The molecule has 1 saturated heterocycles. The first-order valence-corrected chi connectivity index (χ1v) is 22.3. The van der Waals surface area contributed by atoms with Crippen molar-refractivity contribution in [3.05, 3.63) is 48.9 Å². The zero-order valence-electron chi connectivity index (χ0n) is 31.5. The number of carbonyl (C=O) groups is 3. The summed E-state index contributed by atoms with van der Waals surface area (Å²) in [5, 5.41) is 10.5. The third-order valence-corrected chi connectivity index (χ3v) is 13.2. The van der Waals surface area contributed by atoms with Crippen LogP contribution in [-0.2, 0) is 20.9 Å². The summed E-state index contributed by atoms with van der Waals surface area (Å²) in [5.74, 6) is -1.30. The van der Waals surface area contributed by atoms with Gasteiger partial charge in [0.05, 0.1) is 15.2 Å². The number of hydrogen-bond donors (Lipinski definition) is 1. The molecule has 53 heavy (non-hydrogen) atoms. The molecule has 3 heterocycles. The van der Waals surface area contributed by atoms with E-state index in [0.717, 1.165) is 62.7 Å². The highest BCUT2D eigenvalue weighted by Crippen LogP contribution is 2.47. The molecule has 4 rings (SSSR count). The lowest BCUT2D eigenvalue weighted by atomic mass is 10.0. The van der Waals surface area contributed by atoms with E-state index in [1.165, 1.54) is 94.8 Å². The summed E-state index contributed by atoms with van der Waals surface area (Å²) in [6.07, 6.45) is 24.7. The summed E-state index contributed by atoms with van der Waals surface area (Å²) in [6.45, 7) is 6.44. The maximum absolute atomic E-state index is 13.5. The van der Waals surface area contributed by atoms with Gasteiger partial charge in [-0.05, 0) is 37.6 Å². The molecule has 1 amide bonds. The molecule has 2 aromatic rings. The maximum Gasteiger partial charge on any atom is 0.323 e. The molecule has 0 atom stereocenters. The quantitative estimate of drug-likeness (QED) is 0.0507. The Hall–Kier alpha value is -2.87. The lowest BCUT2D eigenvalue weighted by Gasteiger charge is -2.20. The van der Waals surface area contributed by atoms with Crippen molar-refractivity contribution >= 4 is 85.9 Å². The van der Waals surface area contributed by atoms with E-state index in [9.17, 15) is 24.3 Å². The number of aromatic nitrogens is 1. The SMILES string of the molecule is CCCCCCCCCCCCCCCCCCN1C(=CC=c2sc(=C3SC(=S)N(CC)C3=O)n(CC(=O)O)c2=O)Sc2ccc(OC(=O)CC)cc21. The minimum absolute atomic E-state index is 0.273. The number of carboxylic acid groups (broad SMARTS) is 1. The smallest absolute Gasteiger partial charge is 0.323 e. The number of ether oxygens (including phenoxy) is 1. The highest BCUT2D eigenvalue weighted by Gasteiger charge is 2.33. The van der Waals surface area contributed by atoms with Gasteiger partial charge in [0.2, 0.25) is 0 Å². The van der Waals surface area contributed by atoms with Gasteiger partial charge in [-0.15, -0.1) is 11.3 Å². The highest BCUT2D eigenvalue weighted by molar-refractivity contribution is 8.30.